The fourth-order valence-electron chi connectivity index (χ4n) is 3.04. The quantitative estimate of drug-likeness (QED) is 0.703. The second-order valence-corrected chi connectivity index (χ2v) is 7.25. The van der Waals surface area contributed by atoms with Gasteiger partial charge in [0, 0.05) is 18.3 Å². The molecule has 2 aliphatic heterocycles. The monoisotopic (exact) mass is 279 g/mol. The first kappa shape index (κ1) is 12.3. The van der Waals surface area contributed by atoms with Gasteiger partial charge in [0.2, 0.25) is 11.8 Å². The highest BCUT2D eigenvalue weighted by Gasteiger charge is 2.47. The Morgan fingerprint density at radius 1 is 1.05 bits per heavy atom. The Hall–Kier alpha value is -1.69. The van der Waals surface area contributed by atoms with Crippen molar-refractivity contribution >= 4 is 21.7 Å². The molecule has 2 aliphatic rings. The number of hydrogen-bond acceptors (Lipinski definition) is 4. The number of rotatable bonds is 0. The first-order chi connectivity index (χ1) is 8.93. The summed E-state index contributed by atoms with van der Waals surface area (Å²) in [6.45, 7) is 0. The number of hydrogen-bond donors (Lipinski definition) is 1. The second-order valence-electron chi connectivity index (χ2n) is 5.17. The normalized spacial score (nSPS) is 23.8. The van der Waals surface area contributed by atoms with Crippen molar-refractivity contribution in [2.75, 3.05) is 5.75 Å². The molecule has 0 radical (unpaired) electrons. The third-order valence-electron chi connectivity index (χ3n) is 3.92. The van der Waals surface area contributed by atoms with Gasteiger partial charge in [-0.1, -0.05) is 18.2 Å². The van der Waals surface area contributed by atoms with E-state index in [9.17, 15) is 18.0 Å². The average Bonchev–Trinajstić information content (AvgIpc) is 2.34. The number of sulfone groups is 1. The molecule has 0 atom stereocenters. The predicted molar refractivity (Wildman–Crippen MR) is 67.2 cm³/mol. The van der Waals surface area contributed by atoms with E-state index in [4.69, 9.17) is 0 Å². The predicted octanol–water partition coefficient (Wildman–Crippen LogP) is 0.538. The number of nitrogens with one attached hydrogen (secondary N) is 1. The minimum Gasteiger partial charge on any atom is -0.296 e. The minimum atomic E-state index is -3.30. The van der Waals surface area contributed by atoms with Crippen LogP contribution in [0.15, 0.2) is 29.2 Å². The van der Waals surface area contributed by atoms with Gasteiger partial charge >= 0.3 is 0 Å². The average molecular weight is 279 g/mol. The third kappa shape index (κ3) is 1.87. The highest BCUT2D eigenvalue weighted by atomic mass is 32.2. The largest absolute Gasteiger partial charge is 0.296 e. The molecule has 5 nitrogen and oxygen atoms in total. The van der Waals surface area contributed by atoms with Gasteiger partial charge in [-0.2, -0.15) is 0 Å². The Morgan fingerprint density at radius 3 is 2.37 bits per heavy atom. The molecular formula is C13H13NO4S. The Balaban J connectivity index is 2.20. The standard InChI is InChI=1S/C13H13NO4S/c15-11-7-13(8-12(16)14-11)5-6-19(17,18)10-4-2-1-3-9(10)13/h1-4H,5-8H2,(H,14,15,16). The van der Waals surface area contributed by atoms with Gasteiger partial charge in [-0.05, 0) is 18.1 Å². The first-order valence-corrected chi connectivity index (χ1v) is 7.73. The number of piperidine rings is 1. The summed E-state index contributed by atoms with van der Waals surface area (Å²) in [6.07, 6.45) is 0.669. The van der Waals surface area contributed by atoms with E-state index in [1.165, 1.54) is 0 Å². The van der Waals surface area contributed by atoms with Gasteiger partial charge in [-0.3, -0.25) is 14.9 Å². The Kier molecular flexibility index (Phi) is 2.53. The van der Waals surface area contributed by atoms with E-state index in [-0.39, 0.29) is 35.3 Å². The van der Waals surface area contributed by atoms with Crippen LogP contribution in [0.4, 0.5) is 0 Å². The van der Waals surface area contributed by atoms with Crippen LogP contribution in [-0.2, 0) is 24.8 Å². The zero-order valence-electron chi connectivity index (χ0n) is 10.2. The van der Waals surface area contributed by atoms with Gasteiger partial charge in [-0.15, -0.1) is 0 Å². The number of carbonyl (C=O) groups excluding carboxylic acids is 2. The van der Waals surface area contributed by atoms with Gasteiger partial charge in [0.05, 0.1) is 10.6 Å². The molecule has 100 valence electrons. The molecule has 0 unspecified atom stereocenters. The summed E-state index contributed by atoms with van der Waals surface area (Å²) < 4.78 is 24.2. The number of amides is 2. The zero-order chi connectivity index (χ0) is 13.7. The van der Waals surface area contributed by atoms with Gasteiger partial charge < -0.3 is 0 Å². The lowest BCUT2D eigenvalue weighted by molar-refractivity contribution is -0.135. The van der Waals surface area contributed by atoms with Crippen LogP contribution in [-0.4, -0.2) is 26.0 Å². The maximum absolute atomic E-state index is 12.1. The van der Waals surface area contributed by atoms with E-state index in [1.807, 2.05) is 0 Å². The van der Waals surface area contributed by atoms with E-state index in [0.29, 0.717) is 12.0 Å². The smallest absolute Gasteiger partial charge is 0.227 e. The van der Waals surface area contributed by atoms with E-state index < -0.39 is 15.3 Å². The van der Waals surface area contributed by atoms with Crippen LogP contribution in [0.5, 0.6) is 0 Å². The van der Waals surface area contributed by atoms with Crippen molar-refractivity contribution < 1.29 is 18.0 Å². The summed E-state index contributed by atoms with van der Waals surface area (Å²) in [7, 11) is -3.30. The van der Waals surface area contributed by atoms with Crippen molar-refractivity contribution in [3.63, 3.8) is 0 Å². The van der Waals surface area contributed by atoms with Crippen molar-refractivity contribution in [1.29, 1.82) is 0 Å². The molecule has 1 aromatic carbocycles. The van der Waals surface area contributed by atoms with Crippen molar-refractivity contribution in [1.82, 2.24) is 5.32 Å². The van der Waals surface area contributed by atoms with Crippen molar-refractivity contribution in [2.45, 2.75) is 29.6 Å². The summed E-state index contributed by atoms with van der Waals surface area (Å²) in [5, 5.41) is 2.28. The molecule has 3 rings (SSSR count). The topological polar surface area (TPSA) is 80.3 Å². The number of imide groups is 1. The van der Waals surface area contributed by atoms with Crippen molar-refractivity contribution in [2.24, 2.45) is 0 Å². The summed E-state index contributed by atoms with van der Waals surface area (Å²) in [5.41, 5.74) is -0.0362. The minimum absolute atomic E-state index is 0.00935. The third-order valence-corrected chi connectivity index (χ3v) is 5.69. The Labute approximate surface area is 110 Å². The van der Waals surface area contributed by atoms with E-state index in [1.54, 1.807) is 24.3 Å². The Morgan fingerprint density at radius 2 is 1.68 bits per heavy atom. The molecule has 19 heavy (non-hydrogen) atoms. The summed E-state index contributed by atoms with van der Waals surface area (Å²) in [6, 6.07) is 6.69. The van der Waals surface area contributed by atoms with Crippen LogP contribution in [0.3, 0.4) is 0 Å². The molecule has 1 spiro atoms. The molecule has 0 saturated carbocycles. The van der Waals surface area contributed by atoms with Gasteiger partial charge in [0.15, 0.2) is 9.84 Å². The number of fused-ring (bicyclic) bond motifs is 2. The van der Waals surface area contributed by atoms with E-state index >= 15 is 0 Å². The molecule has 1 aromatic rings. The lowest BCUT2D eigenvalue weighted by Gasteiger charge is -2.40. The fourth-order valence-corrected chi connectivity index (χ4v) is 4.82. The summed E-state index contributed by atoms with van der Waals surface area (Å²) in [5.74, 6) is -0.666. The molecule has 2 amide bonds. The lowest BCUT2D eigenvalue weighted by atomic mass is 9.70. The molecule has 0 aliphatic carbocycles. The second kappa shape index (κ2) is 3.90. The summed E-state index contributed by atoms with van der Waals surface area (Å²) in [4.78, 5) is 23.5. The van der Waals surface area contributed by atoms with Crippen molar-refractivity contribution in [3.05, 3.63) is 29.8 Å². The van der Waals surface area contributed by atoms with Gasteiger partial charge in [-0.25, -0.2) is 8.42 Å². The van der Waals surface area contributed by atoms with E-state index in [0.717, 1.165) is 0 Å². The van der Waals surface area contributed by atoms with Crippen LogP contribution >= 0.6 is 0 Å². The number of benzene rings is 1. The van der Waals surface area contributed by atoms with Crippen LogP contribution in [0, 0.1) is 0 Å². The highest BCUT2D eigenvalue weighted by Crippen LogP contribution is 2.44. The van der Waals surface area contributed by atoms with E-state index in [2.05, 4.69) is 5.32 Å². The molecule has 0 aromatic heterocycles. The molecule has 2 heterocycles. The lowest BCUT2D eigenvalue weighted by Crippen LogP contribution is -2.49. The molecule has 1 N–H and O–H groups in total. The van der Waals surface area contributed by atoms with Crippen molar-refractivity contribution in [3.8, 4) is 0 Å². The first-order valence-electron chi connectivity index (χ1n) is 6.08. The Bertz CT molecular complexity index is 662. The molecular weight excluding hydrogens is 266 g/mol. The van der Waals surface area contributed by atoms with Gasteiger partial charge in [0.25, 0.3) is 0 Å². The van der Waals surface area contributed by atoms with Crippen LogP contribution in [0.25, 0.3) is 0 Å². The fraction of sp³-hybridized carbons (Fsp3) is 0.385. The molecule has 0 bridgehead atoms. The van der Waals surface area contributed by atoms with Crippen LogP contribution < -0.4 is 5.32 Å². The maximum atomic E-state index is 12.1. The molecule has 6 heteroatoms. The highest BCUT2D eigenvalue weighted by molar-refractivity contribution is 7.91. The molecule has 1 fully saturated rings. The molecule has 1 saturated heterocycles. The van der Waals surface area contributed by atoms with Crippen LogP contribution in [0.2, 0.25) is 0 Å². The summed E-state index contributed by atoms with van der Waals surface area (Å²) >= 11 is 0. The maximum Gasteiger partial charge on any atom is 0.227 e. The zero-order valence-corrected chi connectivity index (χ0v) is 11.0. The number of carbonyl (C=O) groups is 2. The van der Waals surface area contributed by atoms with Crippen LogP contribution in [0.1, 0.15) is 24.8 Å². The van der Waals surface area contributed by atoms with Gasteiger partial charge in [0.1, 0.15) is 0 Å². The SMILES string of the molecule is O=C1CC2(CCS(=O)(=O)c3ccccc32)CC(=O)N1.